The summed E-state index contributed by atoms with van der Waals surface area (Å²) in [7, 11) is 3.92. The maximum Gasteiger partial charge on any atom is 0.251 e. The summed E-state index contributed by atoms with van der Waals surface area (Å²) in [5.74, 6) is 2.03. The normalized spacial score (nSPS) is 19.2. The third kappa shape index (κ3) is 4.97. The lowest BCUT2D eigenvalue weighted by Gasteiger charge is -2.30. The molecule has 0 atom stereocenters. The molecule has 0 aliphatic heterocycles. The van der Waals surface area contributed by atoms with Crippen molar-refractivity contribution in [2.45, 2.75) is 51.6 Å². The summed E-state index contributed by atoms with van der Waals surface area (Å²) in [5.41, 5.74) is 0.990. The van der Waals surface area contributed by atoms with Crippen LogP contribution in [-0.4, -0.2) is 42.1 Å². The molecule has 1 aliphatic carbocycles. The van der Waals surface area contributed by atoms with E-state index in [1.165, 1.54) is 12.1 Å². The standard InChI is InChI=1S/C21H28FN5O/c1-13-11-15(5-10-18(13)22)21(28)26-17-8-6-16(7-9-17)25-19-12-20(27(3)4)24-14(2)23-19/h5,10-12,16-17H,6-9H2,1-4H3,(H,26,28)(H,23,24,25)/t16-,17+. The number of nitrogens with zero attached hydrogens (tertiary/aromatic N) is 3. The fourth-order valence-corrected chi connectivity index (χ4v) is 3.50. The number of amides is 1. The molecule has 1 aromatic carbocycles. The maximum atomic E-state index is 13.4. The molecule has 28 heavy (non-hydrogen) atoms. The Morgan fingerprint density at radius 2 is 1.75 bits per heavy atom. The van der Waals surface area contributed by atoms with Crippen LogP contribution >= 0.6 is 0 Å². The summed E-state index contributed by atoms with van der Waals surface area (Å²) in [6.07, 6.45) is 3.70. The van der Waals surface area contributed by atoms with Gasteiger partial charge in [0, 0.05) is 37.8 Å². The first kappa shape index (κ1) is 20.0. The van der Waals surface area contributed by atoms with Crippen LogP contribution in [0.4, 0.5) is 16.0 Å². The number of hydrogen-bond acceptors (Lipinski definition) is 5. The molecular formula is C21H28FN5O. The molecule has 1 aromatic heterocycles. The van der Waals surface area contributed by atoms with Gasteiger partial charge in [0.25, 0.3) is 5.91 Å². The SMILES string of the molecule is Cc1nc(N[C@H]2CC[C@@H](NC(=O)c3ccc(F)c(C)c3)CC2)cc(N(C)C)n1. The largest absolute Gasteiger partial charge is 0.367 e. The average Bonchev–Trinajstić information content (AvgIpc) is 2.65. The van der Waals surface area contributed by atoms with Crippen molar-refractivity contribution < 1.29 is 9.18 Å². The van der Waals surface area contributed by atoms with E-state index in [0.717, 1.165) is 43.1 Å². The quantitative estimate of drug-likeness (QED) is 0.825. The molecule has 0 radical (unpaired) electrons. The fraction of sp³-hybridized carbons (Fsp3) is 0.476. The fourth-order valence-electron chi connectivity index (χ4n) is 3.50. The molecule has 3 rings (SSSR count). The van der Waals surface area contributed by atoms with Gasteiger partial charge in [0.1, 0.15) is 23.3 Å². The number of carbonyl (C=O) groups excluding carboxylic acids is 1. The number of carbonyl (C=O) groups is 1. The van der Waals surface area contributed by atoms with Gasteiger partial charge in [-0.2, -0.15) is 0 Å². The number of benzene rings is 1. The van der Waals surface area contributed by atoms with E-state index < -0.39 is 0 Å². The van der Waals surface area contributed by atoms with Crippen molar-refractivity contribution in [2.24, 2.45) is 0 Å². The molecule has 0 bridgehead atoms. The predicted octanol–water partition coefficient (Wildman–Crippen LogP) is 3.45. The van der Waals surface area contributed by atoms with Crippen molar-refractivity contribution in [3.63, 3.8) is 0 Å². The third-order valence-corrected chi connectivity index (χ3v) is 5.12. The van der Waals surface area contributed by atoms with Gasteiger partial charge < -0.3 is 15.5 Å². The Morgan fingerprint density at radius 1 is 1.07 bits per heavy atom. The summed E-state index contributed by atoms with van der Waals surface area (Å²) in [6, 6.07) is 6.89. The lowest BCUT2D eigenvalue weighted by Crippen LogP contribution is -2.40. The van der Waals surface area contributed by atoms with E-state index in [-0.39, 0.29) is 17.8 Å². The molecule has 1 saturated carbocycles. The number of rotatable bonds is 5. The highest BCUT2D eigenvalue weighted by Gasteiger charge is 2.23. The second kappa shape index (κ2) is 8.54. The van der Waals surface area contributed by atoms with Crippen LogP contribution in [0, 0.1) is 19.7 Å². The van der Waals surface area contributed by atoms with Gasteiger partial charge in [0.15, 0.2) is 0 Å². The highest BCUT2D eigenvalue weighted by Crippen LogP contribution is 2.23. The van der Waals surface area contributed by atoms with Crippen molar-refractivity contribution in [3.05, 3.63) is 47.0 Å². The monoisotopic (exact) mass is 385 g/mol. The van der Waals surface area contributed by atoms with E-state index in [2.05, 4.69) is 20.6 Å². The van der Waals surface area contributed by atoms with Crippen molar-refractivity contribution in [1.29, 1.82) is 0 Å². The van der Waals surface area contributed by atoms with Crippen molar-refractivity contribution in [1.82, 2.24) is 15.3 Å². The summed E-state index contributed by atoms with van der Waals surface area (Å²) in [5, 5.41) is 6.58. The second-order valence-electron chi connectivity index (χ2n) is 7.68. The van der Waals surface area contributed by atoms with Gasteiger partial charge in [0.05, 0.1) is 0 Å². The Balaban J connectivity index is 1.53. The van der Waals surface area contributed by atoms with Crippen LogP contribution in [0.1, 0.15) is 47.4 Å². The highest BCUT2D eigenvalue weighted by molar-refractivity contribution is 5.94. The second-order valence-corrected chi connectivity index (χ2v) is 7.68. The molecular weight excluding hydrogens is 357 g/mol. The smallest absolute Gasteiger partial charge is 0.251 e. The Kier molecular flexibility index (Phi) is 6.11. The molecule has 2 N–H and O–H groups in total. The topological polar surface area (TPSA) is 70.2 Å². The van der Waals surface area contributed by atoms with Gasteiger partial charge in [-0.05, 0) is 63.3 Å². The molecule has 0 saturated heterocycles. The van der Waals surface area contributed by atoms with Gasteiger partial charge in [-0.15, -0.1) is 0 Å². The molecule has 150 valence electrons. The number of nitrogens with one attached hydrogen (secondary N) is 2. The summed E-state index contributed by atoms with van der Waals surface area (Å²) < 4.78 is 13.4. The van der Waals surface area contributed by atoms with Crippen LogP contribution in [0.2, 0.25) is 0 Å². The number of aromatic nitrogens is 2. The van der Waals surface area contributed by atoms with Crippen LogP contribution in [-0.2, 0) is 0 Å². The molecule has 1 aliphatic rings. The molecule has 0 unspecified atom stereocenters. The zero-order valence-electron chi connectivity index (χ0n) is 16.9. The minimum Gasteiger partial charge on any atom is -0.367 e. The van der Waals surface area contributed by atoms with Crippen molar-refractivity contribution in [2.75, 3.05) is 24.3 Å². The third-order valence-electron chi connectivity index (χ3n) is 5.12. The maximum absolute atomic E-state index is 13.4. The first-order valence-corrected chi connectivity index (χ1v) is 9.68. The first-order chi connectivity index (χ1) is 13.3. The van der Waals surface area contributed by atoms with Gasteiger partial charge in [-0.1, -0.05) is 0 Å². The number of hydrogen-bond donors (Lipinski definition) is 2. The summed E-state index contributed by atoms with van der Waals surface area (Å²) >= 11 is 0. The summed E-state index contributed by atoms with van der Waals surface area (Å²) in [6.45, 7) is 3.56. The number of halogens is 1. The van der Waals surface area contributed by atoms with Crippen LogP contribution < -0.4 is 15.5 Å². The Bertz CT molecular complexity index is 847. The van der Waals surface area contributed by atoms with Crippen LogP contribution in [0.15, 0.2) is 24.3 Å². The van der Waals surface area contributed by atoms with E-state index >= 15 is 0 Å². The Labute approximate surface area is 165 Å². The van der Waals surface area contributed by atoms with E-state index in [4.69, 9.17) is 0 Å². The molecule has 7 heteroatoms. The predicted molar refractivity (Wildman–Crippen MR) is 109 cm³/mol. The van der Waals surface area contributed by atoms with E-state index in [1.807, 2.05) is 32.0 Å². The Hall–Kier alpha value is -2.70. The molecule has 6 nitrogen and oxygen atoms in total. The highest BCUT2D eigenvalue weighted by atomic mass is 19.1. The van der Waals surface area contributed by atoms with Gasteiger partial charge in [-0.3, -0.25) is 4.79 Å². The molecule has 0 spiro atoms. The zero-order chi connectivity index (χ0) is 20.3. The van der Waals surface area contributed by atoms with Gasteiger partial charge in [-0.25, -0.2) is 14.4 Å². The molecule has 2 aromatic rings. The van der Waals surface area contributed by atoms with Crippen LogP contribution in [0.5, 0.6) is 0 Å². The van der Waals surface area contributed by atoms with Crippen LogP contribution in [0.3, 0.4) is 0 Å². The van der Waals surface area contributed by atoms with E-state index in [0.29, 0.717) is 17.2 Å². The lowest BCUT2D eigenvalue weighted by atomic mass is 9.91. The van der Waals surface area contributed by atoms with E-state index in [1.54, 1.807) is 13.0 Å². The first-order valence-electron chi connectivity index (χ1n) is 9.68. The number of anilines is 2. The lowest BCUT2D eigenvalue weighted by molar-refractivity contribution is 0.0926. The molecule has 1 fully saturated rings. The Morgan fingerprint density at radius 3 is 2.39 bits per heavy atom. The van der Waals surface area contributed by atoms with Crippen LogP contribution in [0.25, 0.3) is 0 Å². The zero-order valence-corrected chi connectivity index (χ0v) is 16.9. The minimum absolute atomic E-state index is 0.137. The van der Waals surface area contributed by atoms with Gasteiger partial charge in [0.2, 0.25) is 0 Å². The summed E-state index contributed by atoms with van der Waals surface area (Å²) in [4.78, 5) is 23.3. The average molecular weight is 385 g/mol. The van der Waals surface area contributed by atoms with E-state index in [9.17, 15) is 9.18 Å². The van der Waals surface area contributed by atoms with Gasteiger partial charge >= 0.3 is 0 Å². The molecule has 1 amide bonds. The minimum atomic E-state index is -0.291. The molecule has 1 heterocycles. The van der Waals surface area contributed by atoms with Crippen molar-refractivity contribution >= 4 is 17.5 Å². The number of aryl methyl sites for hydroxylation is 2. The van der Waals surface area contributed by atoms with Crippen molar-refractivity contribution in [3.8, 4) is 0 Å².